The van der Waals surface area contributed by atoms with Crippen molar-refractivity contribution in [2.75, 3.05) is 26.3 Å². The van der Waals surface area contributed by atoms with E-state index in [-0.39, 0.29) is 6.54 Å². The first-order valence-corrected chi connectivity index (χ1v) is 3.81. The van der Waals surface area contributed by atoms with E-state index >= 15 is 0 Å². The molecule has 0 aliphatic carbocycles. The third-order valence-electron chi connectivity index (χ3n) is 1.72. The molecule has 0 radical (unpaired) electrons. The summed E-state index contributed by atoms with van der Waals surface area (Å²) in [6.07, 6.45) is 1.54. The number of rotatable bonds is 7. The van der Waals surface area contributed by atoms with E-state index < -0.39 is 23.7 Å². The SMILES string of the molecule is C=CCNCC(CO)(CO)[N+](=O)[O-]. The number of hydrogen-bond donors (Lipinski definition) is 3. The van der Waals surface area contributed by atoms with Crippen LogP contribution in [0.15, 0.2) is 12.7 Å². The Morgan fingerprint density at radius 1 is 1.54 bits per heavy atom. The van der Waals surface area contributed by atoms with Gasteiger partial charge >= 0.3 is 0 Å². The van der Waals surface area contributed by atoms with Crippen LogP contribution in [0.25, 0.3) is 0 Å². The number of nitrogens with zero attached hydrogens (tertiary/aromatic N) is 1. The summed E-state index contributed by atoms with van der Waals surface area (Å²) in [6.45, 7) is 2.35. The van der Waals surface area contributed by atoms with Crippen molar-refractivity contribution in [3.63, 3.8) is 0 Å². The molecule has 6 heteroatoms. The number of nitro groups is 1. The van der Waals surface area contributed by atoms with Crippen molar-refractivity contribution in [2.45, 2.75) is 5.54 Å². The van der Waals surface area contributed by atoms with Gasteiger partial charge in [0.05, 0.1) is 6.54 Å². The molecule has 76 valence electrons. The Balaban J connectivity index is 4.21. The van der Waals surface area contributed by atoms with E-state index in [2.05, 4.69) is 11.9 Å². The third-order valence-corrected chi connectivity index (χ3v) is 1.72. The maximum absolute atomic E-state index is 10.5. The van der Waals surface area contributed by atoms with Crippen molar-refractivity contribution in [1.82, 2.24) is 5.32 Å². The second-order valence-corrected chi connectivity index (χ2v) is 2.72. The van der Waals surface area contributed by atoms with E-state index in [0.29, 0.717) is 6.54 Å². The van der Waals surface area contributed by atoms with Crippen LogP contribution in [0.5, 0.6) is 0 Å². The quantitative estimate of drug-likeness (QED) is 0.202. The zero-order chi connectivity index (χ0) is 10.3. The van der Waals surface area contributed by atoms with Crippen LogP contribution in [0.3, 0.4) is 0 Å². The molecule has 0 aromatic carbocycles. The fourth-order valence-electron chi connectivity index (χ4n) is 0.749. The standard InChI is InChI=1S/C7H14N2O4/c1-2-3-8-4-7(5-10,6-11)9(12)13/h2,8,10-11H,1,3-6H2. The van der Waals surface area contributed by atoms with E-state index in [0.717, 1.165) is 0 Å². The smallest absolute Gasteiger partial charge is 0.279 e. The highest BCUT2D eigenvalue weighted by atomic mass is 16.6. The number of nitrogens with one attached hydrogen (secondary N) is 1. The highest BCUT2D eigenvalue weighted by Gasteiger charge is 2.41. The minimum Gasteiger partial charge on any atom is -0.389 e. The normalized spacial score (nSPS) is 11.2. The van der Waals surface area contributed by atoms with Crippen LogP contribution in [0.1, 0.15) is 0 Å². The van der Waals surface area contributed by atoms with E-state index in [1.54, 1.807) is 6.08 Å². The molecule has 0 fully saturated rings. The van der Waals surface area contributed by atoms with Gasteiger partial charge < -0.3 is 15.5 Å². The average molecular weight is 190 g/mol. The summed E-state index contributed by atoms with van der Waals surface area (Å²) in [5.41, 5.74) is -1.69. The summed E-state index contributed by atoms with van der Waals surface area (Å²) in [4.78, 5) is 9.82. The monoisotopic (exact) mass is 190 g/mol. The molecule has 0 atom stereocenters. The van der Waals surface area contributed by atoms with Crippen LogP contribution in [0.4, 0.5) is 0 Å². The molecule has 0 rings (SSSR count). The topological polar surface area (TPSA) is 95.6 Å². The lowest BCUT2D eigenvalue weighted by Gasteiger charge is -2.20. The zero-order valence-electron chi connectivity index (χ0n) is 7.27. The van der Waals surface area contributed by atoms with E-state index in [1.165, 1.54) is 0 Å². The molecule has 0 bridgehead atoms. The molecule has 0 amide bonds. The van der Waals surface area contributed by atoms with Crippen LogP contribution in [-0.2, 0) is 0 Å². The van der Waals surface area contributed by atoms with Crippen molar-refractivity contribution >= 4 is 0 Å². The predicted octanol–water partition coefficient (Wildman–Crippen LogP) is -1.24. The molecule has 0 saturated carbocycles. The molecule has 0 unspecified atom stereocenters. The maximum Gasteiger partial charge on any atom is 0.279 e. The first-order valence-electron chi connectivity index (χ1n) is 3.81. The summed E-state index contributed by atoms with van der Waals surface area (Å²) >= 11 is 0. The Hall–Kier alpha value is -0.980. The second kappa shape index (κ2) is 5.63. The molecule has 0 aromatic heterocycles. The zero-order valence-corrected chi connectivity index (χ0v) is 7.27. The molecular weight excluding hydrogens is 176 g/mol. The van der Waals surface area contributed by atoms with Gasteiger partial charge in [-0.1, -0.05) is 6.08 Å². The van der Waals surface area contributed by atoms with Gasteiger partial charge in [-0.2, -0.15) is 0 Å². The van der Waals surface area contributed by atoms with E-state index in [1.807, 2.05) is 0 Å². The van der Waals surface area contributed by atoms with Crippen molar-refractivity contribution in [3.8, 4) is 0 Å². The lowest BCUT2D eigenvalue weighted by atomic mass is 10.0. The maximum atomic E-state index is 10.5. The Bertz CT molecular complexity index is 179. The largest absolute Gasteiger partial charge is 0.389 e. The van der Waals surface area contributed by atoms with Gasteiger partial charge in [0.1, 0.15) is 13.2 Å². The number of aliphatic hydroxyl groups excluding tert-OH is 2. The fraction of sp³-hybridized carbons (Fsp3) is 0.714. The van der Waals surface area contributed by atoms with Crippen molar-refractivity contribution in [1.29, 1.82) is 0 Å². The molecule has 0 aliphatic rings. The van der Waals surface area contributed by atoms with Gasteiger partial charge in [-0.3, -0.25) is 10.1 Å². The Labute approximate surface area is 76.0 Å². The molecule has 0 aromatic rings. The first kappa shape index (κ1) is 12.0. The summed E-state index contributed by atoms with van der Waals surface area (Å²) in [5, 5.41) is 30.7. The van der Waals surface area contributed by atoms with Gasteiger partial charge in [0.2, 0.25) is 0 Å². The molecule has 0 spiro atoms. The minimum absolute atomic E-state index is 0.0843. The molecule has 0 heterocycles. The van der Waals surface area contributed by atoms with Crippen molar-refractivity contribution in [2.24, 2.45) is 0 Å². The van der Waals surface area contributed by atoms with Gasteiger partial charge in [0, 0.05) is 11.5 Å². The number of aliphatic hydroxyl groups is 2. The average Bonchev–Trinajstić information content (AvgIpc) is 2.13. The lowest BCUT2D eigenvalue weighted by Crippen LogP contribution is -2.53. The van der Waals surface area contributed by atoms with E-state index in [9.17, 15) is 10.1 Å². The highest BCUT2D eigenvalue weighted by molar-refractivity contribution is 4.82. The Morgan fingerprint density at radius 3 is 2.38 bits per heavy atom. The summed E-state index contributed by atoms with van der Waals surface area (Å²) < 4.78 is 0. The molecule has 3 N–H and O–H groups in total. The van der Waals surface area contributed by atoms with Gasteiger partial charge in [-0.25, -0.2) is 0 Å². The van der Waals surface area contributed by atoms with Gasteiger partial charge in [0.15, 0.2) is 0 Å². The lowest BCUT2D eigenvalue weighted by molar-refractivity contribution is -0.574. The summed E-state index contributed by atoms with van der Waals surface area (Å²) in [5.74, 6) is 0. The van der Waals surface area contributed by atoms with Crippen LogP contribution in [0.2, 0.25) is 0 Å². The first-order chi connectivity index (χ1) is 6.13. The molecule has 6 nitrogen and oxygen atoms in total. The summed E-state index contributed by atoms with van der Waals surface area (Å²) in [6, 6.07) is 0. The Morgan fingerprint density at radius 2 is 2.08 bits per heavy atom. The molecule has 0 aliphatic heterocycles. The summed E-state index contributed by atoms with van der Waals surface area (Å²) in [7, 11) is 0. The van der Waals surface area contributed by atoms with Gasteiger partial charge in [0.25, 0.3) is 5.54 Å². The Kier molecular flexibility index (Phi) is 5.20. The van der Waals surface area contributed by atoms with E-state index in [4.69, 9.17) is 10.2 Å². The van der Waals surface area contributed by atoms with Crippen LogP contribution in [0, 0.1) is 10.1 Å². The predicted molar refractivity (Wildman–Crippen MR) is 47.0 cm³/mol. The van der Waals surface area contributed by atoms with Crippen molar-refractivity contribution in [3.05, 3.63) is 22.8 Å². The molecular formula is C7H14N2O4. The van der Waals surface area contributed by atoms with Crippen molar-refractivity contribution < 1.29 is 15.1 Å². The van der Waals surface area contributed by atoms with Crippen LogP contribution in [-0.4, -0.2) is 47.0 Å². The van der Waals surface area contributed by atoms with Gasteiger partial charge in [-0.15, -0.1) is 6.58 Å². The van der Waals surface area contributed by atoms with Gasteiger partial charge in [-0.05, 0) is 0 Å². The minimum atomic E-state index is -1.69. The third kappa shape index (κ3) is 3.10. The molecule has 0 saturated heterocycles. The molecule has 13 heavy (non-hydrogen) atoms. The van der Waals surface area contributed by atoms with Crippen LogP contribution < -0.4 is 5.32 Å². The number of hydrogen-bond acceptors (Lipinski definition) is 5. The van der Waals surface area contributed by atoms with Crippen LogP contribution >= 0.6 is 0 Å². The highest BCUT2D eigenvalue weighted by Crippen LogP contribution is 2.06. The second-order valence-electron chi connectivity index (χ2n) is 2.72. The fourth-order valence-corrected chi connectivity index (χ4v) is 0.749.